The monoisotopic (exact) mass is 309 g/mol. The third-order valence-electron chi connectivity index (χ3n) is 5.16. The summed E-state index contributed by atoms with van der Waals surface area (Å²) in [6, 6.07) is 4.87. The van der Waals surface area contributed by atoms with E-state index in [9.17, 15) is 4.79 Å². The number of aromatic carboxylic acids is 1. The fourth-order valence-electron chi connectivity index (χ4n) is 3.94. The Balaban J connectivity index is 1.73. The van der Waals surface area contributed by atoms with Crippen molar-refractivity contribution in [3.05, 3.63) is 47.6 Å². The number of nitrogens with zero attached hydrogens (tertiary/aromatic N) is 1. The summed E-state index contributed by atoms with van der Waals surface area (Å²) in [5, 5.41) is 9.14. The number of allylic oxidation sites excluding steroid dienone is 3. The van der Waals surface area contributed by atoms with Gasteiger partial charge in [-0.25, -0.2) is 4.79 Å². The summed E-state index contributed by atoms with van der Waals surface area (Å²) in [6.45, 7) is 0.575. The molecule has 1 heterocycles. The van der Waals surface area contributed by atoms with Crippen molar-refractivity contribution in [1.82, 2.24) is 0 Å². The molecule has 2 unspecified atom stereocenters. The summed E-state index contributed by atoms with van der Waals surface area (Å²) < 4.78 is 6.04. The number of aliphatic imine (C=N–C) groups is 1. The molecule has 4 rings (SSSR count). The quantitative estimate of drug-likeness (QED) is 0.847. The van der Waals surface area contributed by atoms with Crippen LogP contribution >= 0.6 is 0 Å². The molecule has 0 aromatic heterocycles. The molecule has 4 heteroatoms. The standard InChI is InChI=1S/C19H19NO3/c21-18(22)14-7-8-17-16(10-14)20-11-19(12-23-17)9-3-5-13-4-1-2-6-15(13)19/h1-2,6-8,10-11,13H,3-5,9,12H2,(H,21,22). The lowest BCUT2D eigenvalue weighted by atomic mass is 9.64. The van der Waals surface area contributed by atoms with Crippen molar-refractivity contribution in [3.8, 4) is 5.75 Å². The zero-order valence-corrected chi connectivity index (χ0v) is 12.9. The van der Waals surface area contributed by atoms with Crippen molar-refractivity contribution in [1.29, 1.82) is 0 Å². The third kappa shape index (κ3) is 2.38. The van der Waals surface area contributed by atoms with Gasteiger partial charge in [-0.1, -0.05) is 30.2 Å². The molecule has 1 spiro atoms. The molecule has 0 radical (unpaired) electrons. The van der Waals surface area contributed by atoms with Crippen LogP contribution in [0.2, 0.25) is 0 Å². The summed E-state index contributed by atoms with van der Waals surface area (Å²) in [5.41, 5.74) is 2.11. The molecule has 4 nitrogen and oxygen atoms in total. The molecular weight excluding hydrogens is 290 g/mol. The van der Waals surface area contributed by atoms with Crippen molar-refractivity contribution >= 4 is 17.9 Å². The van der Waals surface area contributed by atoms with E-state index >= 15 is 0 Å². The molecule has 0 saturated heterocycles. The molecule has 0 amide bonds. The number of carbonyl (C=O) groups is 1. The molecule has 1 aliphatic heterocycles. The van der Waals surface area contributed by atoms with Crippen molar-refractivity contribution < 1.29 is 14.6 Å². The second-order valence-electron chi connectivity index (χ2n) is 6.57. The van der Waals surface area contributed by atoms with Gasteiger partial charge < -0.3 is 9.84 Å². The summed E-state index contributed by atoms with van der Waals surface area (Å²) in [6.07, 6.45) is 13.1. The summed E-state index contributed by atoms with van der Waals surface area (Å²) >= 11 is 0. The average Bonchev–Trinajstić information content (AvgIpc) is 2.76. The van der Waals surface area contributed by atoms with E-state index in [1.807, 2.05) is 6.21 Å². The van der Waals surface area contributed by atoms with Gasteiger partial charge in [-0.2, -0.15) is 0 Å². The van der Waals surface area contributed by atoms with Gasteiger partial charge in [-0.3, -0.25) is 4.99 Å². The number of hydrogen-bond donors (Lipinski definition) is 1. The maximum Gasteiger partial charge on any atom is 0.335 e. The Labute approximate surface area is 135 Å². The predicted molar refractivity (Wildman–Crippen MR) is 88.7 cm³/mol. The molecule has 1 fully saturated rings. The normalized spacial score (nSPS) is 28.3. The van der Waals surface area contributed by atoms with E-state index in [4.69, 9.17) is 9.84 Å². The first-order valence-corrected chi connectivity index (χ1v) is 8.10. The van der Waals surface area contributed by atoms with Crippen LogP contribution in [0, 0.1) is 11.3 Å². The second kappa shape index (κ2) is 5.37. The molecule has 2 atom stereocenters. The van der Waals surface area contributed by atoms with E-state index in [1.54, 1.807) is 18.2 Å². The second-order valence-corrected chi connectivity index (χ2v) is 6.57. The van der Waals surface area contributed by atoms with Gasteiger partial charge in [0.1, 0.15) is 18.0 Å². The molecule has 0 bridgehead atoms. The number of carboxylic acids is 1. The molecule has 2 aliphatic carbocycles. The summed E-state index contributed by atoms with van der Waals surface area (Å²) in [7, 11) is 0. The third-order valence-corrected chi connectivity index (χ3v) is 5.16. The van der Waals surface area contributed by atoms with Crippen LogP contribution in [0.1, 0.15) is 36.0 Å². The van der Waals surface area contributed by atoms with Gasteiger partial charge in [-0.15, -0.1) is 0 Å². The van der Waals surface area contributed by atoms with E-state index in [-0.39, 0.29) is 11.0 Å². The van der Waals surface area contributed by atoms with E-state index in [1.165, 1.54) is 18.4 Å². The number of ether oxygens (including phenoxy) is 1. The highest BCUT2D eigenvalue weighted by molar-refractivity contribution is 5.90. The van der Waals surface area contributed by atoms with Crippen molar-refractivity contribution in [3.63, 3.8) is 0 Å². The smallest absolute Gasteiger partial charge is 0.335 e. The Hall–Kier alpha value is -2.36. The Morgan fingerprint density at radius 3 is 3.17 bits per heavy atom. The van der Waals surface area contributed by atoms with Crippen LogP contribution in [-0.2, 0) is 0 Å². The number of carboxylic acid groups (broad SMARTS) is 1. The minimum atomic E-state index is -0.945. The van der Waals surface area contributed by atoms with Crippen LogP contribution in [-0.4, -0.2) is 23.9 Å². The first kappa shape index (κ1) is 14.2. The topological polar surface area (TPSA) is 58.9 Å². The molecule has 1 aromatic rings. The van der Waals surface area contributed by atoms with Crippen molar-refractivity contribution in [2.24, 2.45) is 16.3 Å². The van der Waals surface area contributed by atoms with Crippen LogP contribution in [0.15, 0.2) is 47.0 Å². The summed E-state index contributed by atoms with van der Waals surface area (Å²) in [5.74, 6) is 0.302. The van der Waals surface area contributed by atoms with E-state index in [0.29, 0.717) is 24.0 Å². The Morgan fingerprint density at radius 2 is 2.30 bits per heavy atom. The van der Waals surface area contributed by atoms with Gasteiger partial charge in [-0.05, 0) is 43.4 Å². The summed E-state index contributed by atoms with van der Waals surface area (Å²) in [4.78, 5) is 15.8. The molecule has 1 N–H and O–H groups in total. The van der Waals surface area contributed by atoms with E-state index in [0.717, 1.165) is 12.8 Å². The largest absolute Gasteiger partial charge is 0.490 e. The molecule has 1 aromatic carbocycles. The lowest BCUT2D eigenvalue weighted by Crippen LogP contribution is -2.38. The van der Waals surface area contributed by atoms with E-state index in [2.05, 4.69) is 23.2 Å². The Kier molecular flexibility index (Phi) is 3.33. The molecular formula is C19H19NO3. The van der Waals surface area contributed by atoms with Crippen LogP contribution in [0.25, 0.3) is 0 Å². The first-order chi connectivity index (χ1) is 11.2. The van der Waals surface area contributed by atoms with Gasteiger partial charge >= 0.3 is 5.97 Å². The van der Waals surface area contributed by atoms with Gasteiger partial charge in [0.2, 0.25) is 0 Å². The first-order valence-electron chi connectivity index (χ1n) is 8.10. The van der Waals surface area contributed by atoms with Crippen LogP contribution < -0.4 is 4.74 Å². The number of hydrogen-bond acceptors (Lipinski definition) is 3. The van der Waals surface area contributed by atoms with Gasteiger partial charge in [0.25, 0.3) is 0 Å². The predicted octanol–water partition coefficient (Wildman–Crippen LogP) is 4.15. The zero-order chi connectivity index (χ0) is 15.9. The number of fused-ring (bicyclic) bond motifs is 3. The van der Waals surface area contributed by atoms with Gasteiger partial charge in [0.15, 0.2) is 0 Å². The average molecular weight is 309 g/mol. The highest BCUT2D eigenvalue weighted by Crippen LogP contribution is 2.48. The number of rotatable bonds is 1. The fraction of sp³-hybridized carbons (Fsp3) is 0.368. The lowest BCUT2D eigenvalue weighted by Gasteiger charge is -2.41. The maximum atomic E-state index is 11.1. The Bertz CT molecular complexity index is 747. The van der Waals surface area contributed by atoms with Crippen molar-refractivity contribution in [2.45, 2.75) is 25.7 Å². The van der Waals surface area contributed by atoms with Crippen molar-refractivity contribution in [2.75, 3.05) is 6.61 Å². The maximum absolute atomic E-state index is 11.1. The van der Waals surface area contributed by atoms with Crippen LogP contribution in [0.5, 0.6) is 5.75 Å². The van der Waals surface area contributed by atoms with Crippen LogP contribution in [0.4, 0.5) is 5.69 Å². The SMILES string of the molecule is O=C(O)c1ccc2c(c1)N=CC1(CCCC3CC=CC=C31)CO2. The molecule has 23 heavy (non-hydrogen) atoms. The highest BCUT2D eigenvalue weighted by atomic mass is 16.5. The lowest BCUT2D eigenvalue weighted by molar-refractivity contribution is 0.0697. The fourth-order valence-corrected chi connectivity index (χ4v) is 3.94. The molecule has 1 saturated carbocycles. The zero-order valence-electron chi connectivity index (χ0n) is 12.9. The Morgan fingerprint density at radius 1 is 1.39 bits per heavy atom. The van der Waals surface area contributed by atoms with Crippen LogP contribution in [0.3, 0.4) is 0 Å². The molecule has 118 valence electrons. The van der Waals surface area contributed by atoms with Gasteiger partial charge in [0.05, 0.1) is 11.0 Å². The minimum Gasteiger partial charge on any atom is -0.490 e. The molecule has 3 aliphatic rings. The van der Waals surface area contributed by atoms with Gasteiger partial charge in [0, 0.05) is 6.21 Å². The van der Waals surface area contributed by atoms with E-state index < -0.39 is 5.97 Å². The minimum absolute atomic E-state index is 0.157. The highest BCUT2D eigenvalue weighted by Gasteiger charge is 2.41. The number of benzene rings is 1.